The summed E-state index contributed by atoms with van der Waals surface area (Å²) >= 11 is 0. The van der Waals surface area contributed by atoms with Crippen LogP contribution in [-0.2, 0) is 14.3 Å². The van der Waals surface area contributed by atoms with Crippen molar-refractivity contribution in [3.8, 4) is 0 Å². The minimum absolute atomic E-state index is 0.265. The average molecular weight is 215 g/mol. The van der Waals surface area contributed by atoms with Gasteiger partial charge in [0.15, 0.2) is 0 Å². The number of Topliss-reactive ketones (excluding diaryl/α,β-unsaturated/α-hetero) is 1. The lowest BCUT2D eigenvalue weighted by atomic mass is 10.1. The van der Waals surface area contributed by atoms with Crippen LogP contribution < -0.4 is 5.32 Å². The Morgan fingerprint density at radius 1 is 1.60 bits per heavy atom. The monoisotopic (exact) mass is 215 g/mol. The Labute approximate surface area is 91.3 Å². The van der Waals surface area contributed by atoms with Crippen LogP contribution in [0.3, 0.4) is 0 Å². The van der Waals surface area contributed by atoms with Crippen molar-refractivity contribution < 1.29 is 14.3 Å². The van der Waals surface area contributed by atoms with Gasteiger partial charge < -0.3 is 14.8 Å². The highest BCUT2D eigenvalue weighted by atomic mass is 16.5. The van der Waals surface area contributed by atoms with Crippen LogP contribution in [0, 0.1) is 0 Å². The van der Waals surface area contributed by atoms with Crippen LogP contribution in [0.1, 0.15) is 25.7 Å². The molecule has 0 amide bonds. The molecule has 0 aromatic heterocycles. The van der Waals surface area contributed by atoms with E-state index in [-0.39, 0.29) is 5.78 Å². The molecule has 0 radical (unpaired) electrons. The largest absolute Gasteiger partial charge is 0.383 e. The second-order valence-corrected chi connectivity index (χ2v) is 3.88. The molecule has 15 heavy (non-hydrogen) atoms. The predicted octanol–water partition coefficient (Wildman–Crippen LogP) is 0.751. The molecule has 1 aliphatic rings. The molecule has 1 unspecified atom stereocenters. The zero-order valence-corrected chi connectivity index (χ0v) is 9.46. The van der Waals surface area contributed by atoms with Crippen LogP contribution in [0.15, 0.2) is 0 Å². The molecule has 0 saturated carbocycles. The van der Waals surface area contributed by atoms with E-state index in [9.17, 15) is 4.79 Å². The molecular formula is C11H21NO3. The fourth-order valence-electron chi connectivity index (χ4n) is 1.68. The van der Waals surface area contributed by atoms with E-state index in [1.807, 2.05) is 0 Å². The van der Waals surface area contributed by atoms with Crippen molar-refractivity contribution >= 4 is 5.78 Å². The van der Waals surface area contributed by atoms with E-state index in [1.54, 1.807) is 7.11 Å². The van der Waals surface area contributed by atoms with Crippen LogP contribution in [0.5, 0.6) is 0 Å². The normalized spacial score (nSPS) is 20.7. The number of carbonyl (C=O) groups is 1. The van der Waals surface area contributed by atoms with Crippen LogP contribution in [0.2, 0.25) is 0 Å². The van der Waals surface area contributed by atoms with Gasteiger partial charge in [0, 0.05) is 26.7 Å². The lowest BCUT2D eigenvalue weighted by Crippen LogP contribution is -2.26. The van der Waals surface area contributed by atoms with Gasteiger partial charge in [-0.2, -0.15) is 0 Å². The van der Waals surface area contributed by atoms with Gasteiger partial charge >= 0.3 is 0 Å². The number of carbonyl (C=O) groups excluding carboxylic acids is 1. The highest BCUT2D eigenvalue weighted by Crippen LogP contribution is 2.16. The molecule has 0 bridgehead atoms. The van der Waals surface area contributed by atoms with Gasteiger partial charge in [0.05, 0.1) is 19.3 Å². The molecule has 1 N–H and O–H groups in total. The van der Waals surface area contributed by atoms with E-state index in [0.717, 1.165) is 32.4 Å². The summed E-state index contributed by atoms with van der Waals surface area (Å²) in [5.74, 6) is 0.265. The van der Waals surface area contributed by atoms with Gasteiger partial charge in [-0.15, -0.1) is 0 Å². The summed E-state index contributed by atoms with van der Waals surface area (Å²) < 4.78 is 10.3. The van der Waals surface area contributed by atoms with Crippen LogP contribution in [0.25, 0.3) is 0 Å². The lowest BCUT2D eigenvalue weighted by molar-refractivity contribution is -0.118. The zero-order valence-electron chi connectivity index (χ0n) is 9.46. The molecule has 0 aromatic rings. The predicted molar refractivity (Wildman–Crippen MR) is 58.0 cm³/mol. The first-order valence-electron chi connectivity index (χ1n) is 5.66. The van der Waals surface area contributed by atoms with Gasteiger partial charge in [-0.1, -0.05) is 0 Å². The first kappa shape index (κ1) is 12.6. The van der Waals surface area contributed by atoms with Crippen molar-refractivity contribution in [1.29, 1.82) is 0 Å². The Hall–Kier alpha value is -0.450. The third kappa shape index (κ3) is 5.87. The number of ether oxygens (including phenoxy) is 2. The van der Waals surface area contributed by atoms with Gasteiger partial charge in [-0.25, -0.2) is 0 Å². The summed E-state index contributed by atoms with van der Waals surface area (Å²) in [4.78, 5) is 11.4. The average Bonchev–Trinajstić information content (AvgIpc) is 2.74. The summed E-state index contributed by atoms with van der Waals surface area (Å²) in [7, 11) is 1.65. The van der Waals surface area contributed by atoms with E-state index < -0.39 is 0 Å². The number of ketones is 1. The maximum Gasteiger partial charge on any atom is 0.146 e. The van der Waals surface area contributed by atoms with E-state index in [0.29, 0.717) is 25.7 Å². The van der Waals surface area contributed by atoms with Crippen LogP contribution in [-0.4, -0.2) is 45.3 Å². The molecule has 1 rings (SSSR count). The molecule has 4 nitrogen and oxygen atoms in total. The minimum atomic E-state index is 0.265. The van der Waals surface area contributed by atoms with Crippen molar-refractivity contribution in [2.45, 2.75) is 31.8 Å². The summed E-state index contributed by atoms with van der Waals surface area (Å²) in [6.07, 6.45) is 4.10. The number of hydrogen-bond donors (Lipinski definition) is 1. The SMILES string of the molecule is COCCNCC(=O)CCC1CCCO1. The third-order valence-corrected chi connectivity index (χ3v) is 2.57. The van der Waals surface area contributed by atoms with E-state index >= 15 is 0 Å². The summed E-state index contributed by atoms with van der Waals surface area (Å²) in [6.45, 7) is 2.71. The van der Waals surface area contributed by atoms with Gasteiger partial charge in [0.25, 0.3) is 0 Å². The molecule has 0 aromatic carbocycles. The van der Waals surface area contributed by atoms with Crippen molar-refractivity contribution in [2.24, 2.45) is 0 Å². The summed E-state index contributed by atoms with van der Waals surface area (Å²) in [5.41, 5.74) is 0. The maximum atomic E-state index is 11.4. The van der Waals surface area contributed by atoms with Gasteiger partial charge in [-0.05, 0) is 19.3 Å². The van der Waals surface area contributed by atoms with Gasteiger partial charge in [0.2, 0.25) is 0 Å². The molecule has 1 heterocycles. The summed E-state index contributed by atoms with van der Waals surface area (Å²) in [5, 5.41) is 3.05. The quantitative estimate of drug-likeness (QED) is 0.607. The van der Waals surface area contributed by atoms with E-state index in [1.165, 1.54) is 0 Å². The topological polar surface area (TPSA) is 47.6 Å². The first-order chi connectivity index (χ1) is 7.33. The third-order valence-electron chi connectivity index (χ3n) is 2.57. The Kier molecular flexibility index (Phi) is 6.55. The molecule has 1 aliphatic heterocycles. The zero-order chi connectivity index (χ0) is 10.9. The fourth-order valence-corrected chi connectivity index (χ4v) is 1.68. The number of hydrogen-bond acceptors (Lipinski definition) is 4. The molecule has 0 aliphatic carbocycles. The van der Waals surface area contributed by atoms with Crippen LogP contribution >= 0.6 is 0 Å². The molecule has 1 saturated heterocycles. The maximum absolute atomic E-state index is 11.4. The van der Waals surface area contributed by atoms with Gasteiger partial charge in [-0.3, -0.25) is 4.79 Å². The molecule has 1 fully saturated rings. The number of methoxy groups -OCH3 is 1. The number of rotatable bonds is 8. The highest BCUT2D eigenvalue weighted by molar-refractivity contribution is 5.80. The molecule has 88 valence electrons. The molecule has 0 spiro atoms. The van der Waals surface area contributed by atoms with Crippen molar-refractivity contribution in [3.63, 3.8) is 0 Å². The van der Waals surface area contributed by atoms with E-state index in [4.69, 9.17) is 9.47 Å². The second-order valence-electron chi connectivity index (χ2n) is 3.88. The lowest BCUT2D eigenvalue weighted by Gasteiger charge is -2.08. The number of nitrogens with one attached hydrogen (secondary N) is 1. The van der Waals surface area contributed by atoms with Crippen LogP contribution in [0.4, 0.5) is 0 Å². The summed E-state index contributed by atoms with van der Waals surface area (Å²) in [6, 6.07) is 0. The second kappa shape index (κ2) is 7.79. The van der Waals surface area contributed by atoms with Gasteiger partial charge in [0.1, 0.15) is 5.78 Å². The molecule has 4 heteroatoms. The smallest absolute Gasteiger partial charge is 0.146 e. The van der Waals surface area contributed by atoms with Crippen molar-refractivity contribution in [3.05, 3.63) is 0 Å². The molecular weight excluding hydrogens is 194 g/mol. The Morgan fingerprint density at radius 3 is 3.13 bits per heavy atom. The minimum Gasteiger partial charge on any atom is -0.383 e. The Morgan fingerprint density at radius 2 is 2.47 bits per heavy atom. The Bertz CT molecular complexity index is 179. The van der Waals surface area contributed by atoms with Crippen molar-refractivity contribution in [2.75, 3.05) is 33.4 Å². The molecule has 1 atom stereocenters. The first-order valence-corrected chi connectivity index (χ1v) is 5.66. The highest BCUT2D eigenvalue weighted by Gasteiger charge is 2.16. The van der Waals surface area contributed by atoms with Crippen molar-refractivity contribution in [1.82, 2.24) is 5.32 Å². The fraction of sp³-hybridized carbons (Fsp3) is 0.909. The standard InChI is InChI=1S/C11H21NO3/c1-14-8-6-12-9-10(13)4-5-11-3-2-7-15-11/h11-12H,2-9H2,1H3. The van der Waals surface area contributed by atoms with E-state index in [2.05, 4.69) is 5.32 Å². The Balaban J connectivity index is 1.93.